The van der Waals surface area contributed by atoms with Crippen molar-refractivity contribution in [2.24, 2.45) is 0 Å². The zero-order chi connectivity index (χ0) is 30.2. The first-order chi connectivity index (χ1) is 22.8. The molecule has 0 spiro atoms. The van der Waals surface area contributed by atoms with Crippen LogP contribution in [0, 0.1) is 0 Å². The van der Waals surface area contributed by atoms with Gasteiger partial charge >= 0.3 is 0 Å². The molecule has 2 heteroatoms. The first kappa shape index (κ1) is 25.2. The first-order valence-corrected chi connectivity index (χ1v) is 15.8. The molecule has 10 rings (SSSR count). The summed E-state index contributed by atoms with van der Waals surface area (Å²) in [5.74, 6) is 0. The lowest BCUT2D eigenvalue weighted by atomic mass is 9.95. The Bertz CT molecular complexity index is 2730. The molecule has 2 nitrogen and oxygen atoms in total. The van der Waals surface area contributed by atoms with E-state index in [0.29, 0.717) is 0 Å². The predicted octanol–water partition coefficient (Wildman–Crippen LogP) is 12.3. The molecule has 2 aromatic heterocycles. The number of aromatic nitrogens is 1. The number of hydrogen-bond acceptors (Lipinski definition) is 1. The van der Waals surface area contributed by atoms with Crippen molar-refractivity contribution < 1.29 is 4.42 Å². The Morgan fingerprint density at radius 2 is 0.935 bits per heavy atom. The minimum absolute atomic E-state index is 0.915. The van der Waals surface area contributed by atoms with E-state index >= 15 is 0 Å². The third-order valence-corrected chi connectivity index (χ3v) is 9.53. The van der Waals surface area contributed by atoms with Crippen LogP contribution in [0.5, 0.6) is 0 Å². The van der Waals surface area contributed by atoms with Gasteiger partial charge in [-0.15, -0.1) is 0 Å². The Kier molecular flexibility index (Phi) is 5.31. The van der Waals surface area contributed by atoms with Gasteiger partial charge in [0, 0.05) is 38.0 Å². The van der Waals surface area contributed by atoms with Gasteiger partial charge in [-0.3, -0.25) is 0 Å². The van der Waals surface area contributed by atoms with Gasteiger partial charge < -0.3 is 8.98 Å². The van der Waals surface area contributed by atoms with Crippen molar-refractivity contribution in [1.82, 2.24) is 4.57 Å². The molecule has 214 valence electrons. The maximum Gasteiger partial charge on any atom is 0.143 e. The van der Waals surface area contributed by atoms with E-state index in [1.165, 1.54) is 65.6 Å². The van der Waals surface area contributed by atoms with Crippen molar-refractivity contribution in [3.63, 3.8) is 0 Å². The van der Waals surface area contributed by atoms with Crippen LogP contribution in [0.2, 0.25) is 0 Å². The van der Waals surface area contributed by atoms with E-state index < -0.39 is 0 Å². The zero-order valence-corrected chi connectivity index (χ0v) is 24.9. The largest absolute Gasteiger partial charge is 0.455 e. The van der Waals surface area contributed by atoms with Crippen LogP contribution in [0.1, 0.15) is 0 Å². The van der Waals surface area contributed by atoms with Crippen LogP contribution in [0.4, 0.5) is 0 Å². The third-order valence-electron chi connectivity index (χ3n) is 9.53. The van der Waals surface area contributed by atoms with E-state index in [4.69, 9.17) is 4.42 Å². The smallest absolute Gasteiger partial charge is 0.143 e. The second-order valence-corrected chi connectivity index (χ2v) is 12.1. The average molecular weight is 586 g/mol. The van der Waals surface area contributed by atoms with Gasteiger partial charge in [0.2, 0.25) is 0 Å². The van der Waals surface area contributed by atoms with Crippen molar-refractivity contribution in [3.05, 3.63) is 164 Å². The van der Waals surface area contributed by atoms with Crippen LogP contribution >= 0.6 is 0 Å². The highest BCUT2D eigenvalue weighted by atomic mass is 16.3. The summed E-state index contributed by atoms with van der Waals surface area (Å²) in [6, 6.07) is 58.9. The summed E-state index contributed by atoms with van der Waals surface area (Å²) >= 11 is 0. The number of benzene rings is 8. The summed E-state index contributed by atoms with van der Waals surface area (Å²) in [4.78, 5) is 0. The molecule has 0 N–H and O–H groups in total. The van der Waals surface area contributed by atoms with E-state index in [2.05, 4.69) is 162 Å². The summed E-state index contributed by atoms with van der Waals surface area (Å²) < 4.78 is 9.21. The van der Waals surface area contributed by atoms with Gasteiger partial charge in [0.15, 0.2) is 0 Å². The quantitative estimate of drug-likeness (QED) is 0.189. The van der Waals surface area contributed by atoms with Gasteiger partial charge in [-0.2, -0.15) is 0 Å². The molecule has 0 aliphatic heterocycles. The summed E-state index contributed by atoms with van der Waals surface area (Å²) in [5, 5.41) is 9.55. The Morgan fingerprint density at radius 3 is 1.65 bits per heavy atom. The lowest BCUT2D eigenvalue weighted by Crippen LogP contribution is -1.97. The summed E-state index contributed by atoms with van der Waals surface area (Å²) in [7, 11) is 0. The van der Waals surface area contributed by atoms with Crippen LogP contribution in [-0.2, 0) is 0 Å². The molecule has 10 aromatic rings. The Hall–Kier alpha value is -6.12. The molecule has 0 bridgehead atoms. The summed E-state index contributed by atoms with van der Waals surface area (Å²) in [5.41, 5.74) is 10.1. The fourth-order valence-corrected chi connectivity index (χ4v) is 7.54. The highest BCUT2D eigenvalue weighted by Crippen LogP contribution is 2.46. The fourth-order valence-electron chi connectivity index (χ4n) is 7.54. The number of fused-ring (bicyclic) bond motifs is 12. The van der Waals surface area contributed by atoms with E-state index in [1.807, 2.05) is 6.07 Å². The van der Waals surface area contributed by atoms with E-state index in [0.717, 1.165) is 27.6 Å². The molecule has 0 saturated carbocycles. The van der Waals surface area contributed by atoms with Gasteiger partial charge in [-0.25, -0.2) is 0 Å². The third kappa shape index (κ3) is 3.59. The van der Waals surface area contributed by atoms with Gasteiger partial charge in [0.1, 0.15) is 11.2 Å². The summed E-state index contributed by atoms with van der Waals surface area (Å²) in [6.07, 6.45) is 0. The Balaban J connectivity index is 1.43. The van der Waals surface area contributed by atoms with Crippen molar-refractivity contribution in [1.29, 1.82) is 0 Å². The standard InChI is InChI=1S/C44H27NO/c1-3-13-28(14-4-1)30-25-31(29-15-5-2-6-16-29)27-32(26-30)45-39-21-11-9-20-38(39)41-42-35(33-17-7-8-19-36(33)43(41)45)23-24-37-34-18-10-12-22-40(34)46-44(37)42/h1-27H. The second kappa shape index (κ2) is 9.69. The highest BCUT2D eigenvalue weighted by molar-refractivity contribution is 6.37. The molecule has 0 amide bonds. The number of furan rings is 1. The number of rotatable bonds is 3. The topological polar surface area (TPSA) is 18.1 Å². The first-order valence-electron chi connectivity index (χ1n) is 15.8. The fraction of sp³-hybridized carbons (Fsp3) is 0. The minimum Gasteiger partial charge on any atom is -0.455 e. The molecule has 0 aliphatic carbocycles. The molecular weight excluding hydrogens is 558 g/mol. The van der Waals surface area contributed by atoms with Crippen LogP contribution in [0.3, 0.4) is 0 Å². The average Bonchev–Trinajstić information content (AvgIpc) is 3.69. The Labute approximate surface area is 265 Å². The van der Waals surface area contributed by atoms with Gasteiger partial charge in [0.05, 0.1) is 11.0 Å². The van der Waals surface area contributed by atoms with Crippen molar-refractivity contribution in [3.8, 4) is 27.9 Å². The van der Waals surface area contributed by atoms with E-state index in [-0.39, 0.29) is 0 Å². The minimum atomic E-state index is 0.915. The predicted molar refractivity (Wildman–Crippen MR) is 194 cm³/mol. The van der Waals surface area contributed by atoms with Crippen molar-refractivity contribution in [2.75, 3.05) is 0 Å². The monoisotopic (exact) mass is 585 g/mol. The molecule has 0 radical (unpaired) electrons. The number of nitrogens with zero attached hydrogens (tertiary/aromatic N) is 1. The molecule has 0 aliphatic rings. The zero-order valence-electron chi connectivity index (χ0n) is 24.9. The molecule has 8 aromatic carbocycles. The summed E-state index contributed by atoms with van der Waals surface area (Å²) in [6.45, 7) is 0. The van der Waals surface area contributed by atoms with Crippen LogP contribution < -0.4 is 0 Å². The van der Waals surface area contributed by atoms with Crippen molar-refractivity contribution >= 4 is 65.3 Å². The molecule has 46 heavy (non-hydrogen) atoms. The van der Waals surface area contributed by atoms with Crippen LogP contribution in [0.25, 0.3) is 93.2 Å². The lowest BCUT2D eigenvalue weighted by molar-refractivity contribution is 0.673. The van der Waals surface area contributed by atoms with Gasteiger partial charge in [-0.05, 0) is 69.4 Å². The highest BCUT2D eigenvalue weighted by Gasteiger charge is 2.22. The normalized spacial score (nSPS) is 11.9. The Morgan fingerprint density at radius 1 is 0.370 bits per heavy atom. The van der Waals surface area contributed by atoms with Crippen LogP contribution in [0.15, 0.2) is 168 Å². The molecule has 0 atom stereocenters. The molecule has 0 fully saturated rings. The maximum absolute atomic E-state index is 6.73. The maximum atomic E-state index is 6.73. The number of hydrogen-bond donors (Lipinski definition) is 0. The van der Waals surface area contributed by atoms with E-state index in [9.17, 15) is 0 Å². The van der Waals surface area contributed by atoms with Gasteiger partial charge in [0.25, 0.3) is 0 Å². The van der Waals surface area contributed by atoms with Crippen LogP contribution in [-0.4, -0.2) is 4.57 Å². The molecule has 0 unspecified atom stereocenters. The second-order valence-electron chi connectivity index (χ2n) is 12.1. The van der Waals surface area contributed by atoms with E-state index in [1.54, 1.807) is 0 Å². The number of para-hydroxylation sites is 2. The van der Waals surface area contributed by atoms with Gasteiger partial charge in [-0.1, -0.05) is 127 Å². The van der Waals surface area contributed by atoms with Crippen molar-refractivity contribution in [2.45, 2.75) is 0 Å². The molecular formula is C44H27NO. The molecule has 0 saturated heterocycles. The molecule has 2 heterocycles. The lowest BCUT2D eigenvalue weighted by Gasteiger charge is -2.15. The SMILES string of the molecule is c1ccc(-c2cc(-c3ccccc3)cc(-n3c4ccccc4c4c5c(ccc6c7ccccc7oc65)c5ccccc5c43)c2)cc1.